The Labute approximate surface area is 111 Å². The number of aliphatic hydroxyl groups excluding tert-OH is 1. The van der Waals surface area contributed by atoms with E-state index in [0.29, 0.717) is 18.8 Å². The molecule has 2 aliphatic heterocycles. The quantitative estimate of drug-likeness (QED) is 0.789. The van der Waals surface area contributed by atoms with Crippen LogP contribution in [0.25, 0.3) is 0 Å². The van der Waals surface area contributed by atoms with Crippen LogP contribution in [0.2, 0.25) is 0 Å². The first-order valence-corrected chi connectivity index (χ1v) is 7.38. The van der Waals surface area contributed by atoms with Gasteiger partial charge in [0.25, 0.3) is 0 Å². The van der Waals surface area contributed by atoms with Crippen LogP contribution in [0.3, 0.4) is 0 Å². The van der Waals surface area contributed by atoms with Crippen LogP contribution < -0.4 is 0 Å². The van der Waals surface area contributed by atoms with E-state index in [9.17, 15) is 5.11 Å². The molecule has 1 unspecified atom stereocenters. The average molecular weight is 256 g/mol. The number of nitrogens with zero attached hydrogens (tertiary/aromatic N) is 2. The Morgan fingerprint density at radius 3 is 2.89 bits per heavy atom. The Balaban J connectivity index is 1.78. The van der Waals surface area contributed by atoms with E-state index in [1.54, 1.807) is 0 Å². The van der Waals surface area contributed by atoms with Crippen molar-refractivity contribution in [3.8, 4) is 0 Å². The highest BCUT2D eigenvalue weighted by molar-refractivity contribution is 4.83. The molecule has 0 bridgehead atoms. The molecule has 1 N–H and O–H groups in total. The Morgan fingerprint density at radius 1 is 1.33 bits per heavy atom. The fourth-order valence-electron chi connectivity index (χ4n) is 3.18. The van der Waals surface area contributed by atoms with Gasteiger partial charge in [-0.25, -0.2) is 0 Å². The predicted octanol–water partition coefficient (Wildman–Crippen LogP) is 0.800. The molecule has 0 aromatic carbocycles. The van der Waals surface area contributed by atoms with Gasteiger partial charge in [-0.2, -0.15) is 0 Å². The molecule has 0 amide bonds. The Kier molecular flexibility index (Phi) is 5.42. The molecule has 18 heavy (non-hydrogen) atoms. The van der Waals surface area contributed by atoms with Crippen molar-refractivity contribution in [2.75, 3.05) is 45.9 Å². The minimum absolute atomic E-state index is 0.294. The Hall–Kier alpha value is -0.160. The van der Waals surface area contributed by atoms with E-state index in [1.807, 2.05) is 0 Å². The van der Waals surface area contributed by atoms with E-state index in [1.165, 1.54) is 13.0 Å². The molecule has 0 aromatic heterocycles. The Morgan fingerprint density at radius 2 is 2.17 bits per heavy atom. The average Bonchev–Trinajstić information content (AvgIpc) is 2.76. The molecule has 0 saturated carbocycles. The van der Waals surface area contributed by atoms with E-state index >= 15 is 0 Å². The monoisotopic (exact) mass is 256 g/mol. The summed E-state index contributed by atoms with van der Waals surface area (Å²) in [5, 5.41) is 9.34. The smallest absolute Gasteiger partial charge is 0.0829 e. The minimum Gasteiger partial charge on any atom is -0.395 e. The van der Waals surface area contributed by atoms with E-state index in [2.05, 4.69) is 23.6 Å². The summed E-state index contributed by atoms with van der Waals surface area (Å²) < 4.78 is 5.88. The van der Waals surface area contributed by atoms with Crippen LogP contribution in [0.4, 0.5) is 0 Å². The first kappa shape index (κ1) is 14.3. The zero-order valence-electron chi connectivity index (χ0n) is 11.8. The van der Waals surface area contributed by atoms with Crippen LogP contribution in [0.5, 0.6) is 0 Å². The van der Waals surface area contributed by atoms with E-state index < -0.39 is 0 Å². The maximum absolute atomic E-state index is 9.34. The molecule has 2 rings (SSSR count). The molecule has 4 nitrogen and oxygen atoms in total. The van der Waals surface area contributed by atoms with Gasteiger partial charge in [0.05, 0.1) is 19.3 Å². The second-order valence-electron chi connectivity index (χ2n) is 6.12. The summed E-state index contributed by atoms with van der Waals surface area (Å²) in [6.45, 7) is 11.1. The standard InChI is InChI=1S/C14H28N2O2/c1-12(2)8-15-6-7-18-14(9-15)10-16-5-3-4-13(16)11-17/h12-14,17H,3-11H2,1-2H3/t13-,14?/m0/s1. The molecule has 2 heterocycles. The molecule has 106 valence electrons. The third-order valence-electron chi connectivity index (χ3n) is 3.99. The van der Waals surface area contributed by atoms with Gasteiger partial charge in [-0.1, -0.05) is 13.8 Å². The summed E-state index contributed by atoms with van der Waals surface area (Å²) in [4.78, 5) is 4.92. The topological polar surface area (TPSA) is 35.9 Å². The molecule has 4 heteroatoms. The van der Waals surface area contributed by atoms with Crippen molar-refractivity contribution in [3.63, 3.8) is 0 Å². The minimum atomic E-state index is 0.294. The number of aliphatic hydroxyl groups is 1. The van der Waals surface area contributed by atoms with Gasteiger partial charge in [-0.05, 0) is 25.3 Å². The van der Waals surface area contributed by atoms with Crippen LogP contribution in [0, 0.1) is 5.92 Å². The number of hydrogen-bond acceptors (Lipinski definition) is 4. The lowest BCUT2D eigenvalue weighted by atomic mass is 10.1. The van der Waals surface area contributed by atoms with Crippen molar-refractivity contribution >= 4 is 0 Å². The summed E-state index contributed by atoms with van der Waals surface area (Å²) in [6.07, 6.45) is 2.68. The Bertz CT molecular complexity index is 248. The van der Waals surface area contributed by atoms with Crippen molar-refractivity contribution in [2.45, 2.75) is 38.8 Å². The number of ether oxygens (including phenoxy) is 1. The third kappa shape index (κ3) is 3.92. The molecule has 2 saturated heterocycles. The second kappa shape index (κ2) is 6.85. The maximum atomic E-state index is 9.34. The lowest BCUT2D eigenvalue weighted by Crippen LogP contribution is -2.49. The van der Waals surface area contributed by atoms with E-state index in [0.717, 1.165) is 45.1 Å². The van der Waals surface area contributed by atoms with Crippen LogP contribution in [-0.4, -0.2) is 73.0 Å². The second-order valence-corrected chi connectivity index (χ2v) is 6.12. The van der Waals surface area contributed by atoms with Crippen LogP contribution >= 0.6 is 0 Å². The van der Waals surface area contributed by atoms with Crippen LogP contribution in [0.1, 0.15) is 26.7 Å². The molecule has 2 atom stereocenters. The SMILES string of the molecule is CC(C)CN1CCOC(CN2CCC[C@H]2CO)C1. The maximum Gasteiger partial charge on any atom is 0.0829 e. The number of likely N-dealkylation sites (tertiary alicyclic amines) is 1. The van der Waals surface area contributed by atoms with Crippen molar-refractivity contribution < 1.29 is 9.84 Å². The molecule has 0 spiro atoms. The summed E-state index contributed by atoms with van der Waals surface area (Å²) in [5.74, 6) is 0.723. The molecule has 2 aliphatic rings. The fourth-order valence-corrected chi connectivity index (χ4v) is 3.18. The molecule has 2 fully saturated rings. The summed E-state index contributed by atoms with van der Waals surface area (Å²) in [7, 11) is 0. The van der Waals surface area contributed by atoms with Crippen molar-refractivity contribution in [1.29, 1.82) is 0 Å². The zero-order chi connectivity index (χ0) is 13.0. The molecule has 0 aliphatic carbocycles. The van der Waals surface area contributed by atoms with Gasteiger partial charge in [-0.3, -0.25) is 9.80 Å². The fraction of sp³-hybridized carbons (Fsp3) is 1.00. The number of rotatable bonds is 5. The number of morpholine rings is 1. The number of hydrogen-bond donors (Lipinski definition) is 1. The van der Waals surface area contributed by atoms with Crippen LogP contribution in [0.15, 0.2) is 0 Å². The van der Waals surface area contributed by atoms with Gasteiger partial charge in [0.15, 0.2) is 0 Å². The van der Waals surface area contributed by atoms with Crippen molar-refractivity contribution in [3.05, 3.63) is 0 Å². The summed E-state index contributed by atoms with van der Waals surface area (Å²) in [5.41, 5.74) is 0. The van der Waals surface area contributed by atoms with E-state index in [-0.39, 0.29) is 0 Å². The zero-order valence-corrected chi connectivity index (χ0v) is 11.8. The van der Waals surface area contributed by atoms with Gasteiger partial charge in [-0.15, -0.1) is 0 Å². The van der Waals surface area contributed by atoms with Gasteiger partial charge >= 0.3 is 0 Å². The van der Waals surface area contributed by atoms with Crippen LogP contribution in [-0.2, 0) is 4.74 Å². The molecular weight excluding hydrogens is 228 g/mol. The van der Waals surface area contributed by atoms with Gasteiger partial charge in [0.1, 0.15) is 0 Å². The predicted molar refractivity (Wildman–Crippen MR) is 72.7 cm³/mol. The lowest BCUT2D eigenvalue weighted by molar-refractivity contribution is -0.0494. The summed E-state index contributed by atoms with van der Waals surface area (Å²) in [6, 6.07) is 0.370. The highest BCUT2D eigenvalue weighted by atomic mass is 16.5. The largest absolute Gasteiger partial charge is 0.395 e. The lowest BCUT2D eigenvalue weighted by Gasteiger charge is -2.36. The third-order valence-corrected chi connectivity index (χ3v) is 3.99. The molecule has 0 aromatic rings. The van der Waals surface area contributed by atoms with Crippen molar-refractivity contribution in [1.82, 2.24) is 9.80 Å². The normalized spacial score (nSPS) is 31.3. The van der Waals surface area contributed by atoms with Crippen molar-refractivity contribution in [2.24, 2.45) is 5.92 Å². The highest BCUT2D eigenvalue weighted by Gasteiger charge is 2.29. The van der Waals surface area contributed by atoms with E-state index in [4.69, 9.17) is 4.74 Å². The first-order chi connectivity index (χ1) is 8.69. The highest BCUT2D eigenvalue weighted by Crippen LogP contribution is 2.18. The van der Waals surface area contributed by atoms with Gasteiger partial charge in [0.2, 0.25) is 0 Å². The molecule has 0 radical (unpaired) electrons. The van der Waals surface area contributed by atoms with Gasteiger partial charge in [0, 0.05) is 32.2 Å². The first-order valence-electron chi connectivity index (χ1n) is 7.38. The van der Waals surface area contributed by atoms with Gasteiger partial charge < -0.3 is 9.84 Å². The molecular formula is C14H28N2O2. The summed E-state index contributed by atoms with van der Waals surface area (Å²) >= 11 is 0.